The zero-order chi connectivity index (χ0) is 31.4. The fourth-order valence-corrected chi connectivity index (χ4v) is 2.60. The molecule has 0 radical (unpaired) electrons. The van der Waals surface area contributed by atoms with E-state index in [1.54, 1.807) is 19.1 Å². The molecule has 0 saturated carbocycles. The molecule has 0 atom stereocenters. The van der Waals surface area contributed by atoms with Crippen LogP contribution in [0.3, 0.4) is 0 Å². The second-order valence-corrected chi connectivity index (χ2v) is 9.03. The number of nitrogens with one attached hydrogen (secondary N) is 2. The predicted octanol–water partition coefficient (Wildman–Crippen LogP) is 1.26. The summed E-state index contributed by atoms with van der Waals surface area (Å²) in [5, 5.41) is 14.6. The van der Waals surface area contributed by atoms with Crippen LogP contribution in [0.1, 0.15) is 57.3 Å². The number of hydrogen-bond acceptors (Lipinski definition) is 11. The molecule has 13 nitrogen and oxygen atoms in total. The maximum atomic E-state index is 11.9. The predicted molar refractivity (Wildman–Crippen MR) is 147 cm³/mol. The first kappa shape index (κ1) is 36.7. The van der Waals surface area contributed by atoms with Gasteiger partial charge in [0.15, 0.2) is 5.78 Å². The van der Waals surface area contributed by atoms with Gasteiger partial charge >= 0.3 is 17.9 Å². The van der Waals surface area contributed by atoms with Gasteiger partial charge in [0.1, 0.15) is 37.4 Å². The van der Waals surface area contributed by atoms with Gasteiger partial charge in [-0.05, 0) is 51.5 Å². The van der Waals surface area contributed by atoms with Gasteiger partial charge in [0.25, 0.3) is 0 Å². The third kappa shape index (κ3) is 17.9. The van der Waals surface area contributed by atoms with E-state index in [1.807, 2.05) is 6.92 Å². The number of Topliss-reactive ketones (excluding diaryl/α,β-unsaturated/α-hetero) is 1. The summed E-state index contributed by atoms with van der Waals surface area (Å²) < 4.78 is 19.4. The normalized spacial score (nSPS) is 10.2. The van der Waals surface area contributed by atoms with Crippen LogP contribution >= 0.6 is 0 Å². The molecule has 13 heteroatoms. The average molecular weight is 581 g/mol. The smallest absolute Gasteiger partial charge is 0.333 e. The van der Waals surface area contributed by atoms with Crippen molar-refractivity contribution in [2.45, 2.75) is 52.6 Å². The largest absolute Gasteiger partial charge is 0.490 e. The Morgan fingerprint density at radius 1 is 0.854 bits per heavy atom. The van der Waals surface area contributed by atoms with Gasteiger partial charge in [-0.2, -0.15) is 0 Å². The Bertz CT molecular complexity index is 1040. The van der Waals surface area contributed by atoms with Crippen LogP contribution in [-0.2, 0) is 38.2 Å². The number of amides is 2. The van der Waals surface area contributed by atoms with E-state index >= 15 is 0 Å². The van der Waals surface area contributed by atoms with Gasteiger partial charge in [-0.3, -0.25) is 24.0 Å². The van der Waals surface area contributed by atoms with Crippen molar-refractivity contribution in [3.63, 3.8) is 0 Å². The Labute approximate surface area is 239 Å². The number of carbonyl (C=O) groups excluding carboxylic acids is 6. The summed E-state index contributed by atoms with van der Waals surface area (Å²) in [5.74, 6) is -2.80. The monoisotopic (exact) mass is 580 g/mol. The molecule has 0 saturated heterocycles. The molecule has 1 rings (SSSR count). The van der Waals surface area contributed by atoms with Gasteiger partial charge in [0.2, 0.25) is 11.8 Å². The van der Waals surface area contributed by atoms with Crippen LogP contribution in [0, 0.1) is 0 Å². The van der Waals surface area contributed by atoms with Gasteiger partial charge in [0, 0.05) is 24.2 Å². The minimum Gasteiger partial charge on any atom is -0.490 e. The van der Waals surface area contributed by atoms with Crippen molar-refractivity contribution in [1.82, 2.24) is 10.6 Å². The second-order valence-electron chi connectivity index (χ2n) is 9.03. The first-order valence-corrected chi connectivity index (χ1v) is 12.8. The Morgan fingerprint density at radius 2 is 1.39 bits per heavy atom. The summed E-state index contributed by atoms with van der Waals surface area (Å²) in [6.07, 6.45) is -0.0508. The van der Waals surface area contributed by atoms with E-state index in [9.17, 15) is 33.9 Å². The highest BCUT2D eigenvalue weighted by Gasteiger charge is 2.25. The Kier molecular flexibility index (Phi) is 17.7. The Morgan fingerprint density at radius 3 is 1.85 bits per heavy atom. The van der Waals surface area contributed by atoms with Crippen molar-refractivity contribution in [3.05, 3.63) is 42.0 Å². The Balaban J connectivity index is 0.00000152. The van der Waals surface area contributed by atoms with Gasteiger partial charge in [0.05, 0.1) is 13.7 Å². The molecule has 0 aliphatic heterocycles. The summed E-state index contributed by atoms with van der Waals surface area (Å²) in [6.45, 7) is 10.4. The molecular weight excluding hydrogens is 540 g/mol. The molecule has 0 aliphatic rings. The highest BCUT2D eigenvalue weighted by atomic mass is 16.6. The number of methoxy groups -OCH3 is 1. The first-order chi connectivity index (χ1) is 19.2. The zero-order valence-electron chi connectivity index (χ0n) is 24.2. The number of rotatable bonds is 16. The average Bonchev–Trinajstić information content (AvgIpc) is 2.91. The molecule has 1 aromatic rings. The van der Waals surface area contributed by atoms with E-state index < -0.39 is 48.0 Å². The fraction of sp³-hybridized carbons (Fsp3) is 0.500. The maximum Gasteiger partial charge on any atom is 0.333 e. The van der Waals surface area contributed by atoms with E-state index in [1.165, 1.54) is 33.1 Å². The van der Waals surface area contributed by atoms with Crippen molar-refractivity contribution in [3.8, 4) is 5.75 Å². The molecule has 0 aliphatic carbocycles. The number of carbonyl (C=O) groups is 6. The van der Waals surface area contributed by atoms with Crippen molar-refractivity contribution in [2.24, 2.45) is 0 Å². The van der Waals surface area contributed by atoms with Crippen LogP contribution in [0.25, 0.3) is 0 Å². The summed E-state index contributed by atoms with van der Waals surface area (Å²) in [6, 6.07) is 6.14. The molecule has 0 heterocycles. The lowest BCUT2D eigenvalue weighted by molar-refractivity contribution is -0.147. The minimum atomic E-state index is -1.47. The number of hydrogen-bond donors (Lipinski definition) is 3. The van der Waals surface area contributed by atoms with Crippen molar-refractivity contribution in [2.75, 3.05) is 40.0 Å². The molecule has 0 spiro atoms. The molecule has 2 amide bonds. The van der Waals surface area contributed by atoms with Gasteiger partial charge < -0.3 is 34.7 Å². The summed E-state index contributed by atoms with van der Waals surface area (Å²) in [5.41, 5.74) is -0.671. The topological polar surface area (TPSA) is 184 Å². The first-order valence-electron chi connectivity index (χ1n) is 12.8. The quantitative estimate of drug-likeness (QED) is 0.0639. The third-order valence-electron chi connectivity index (χ3n) is 4.68. The SMILES string of the molecule is C=C(C)C(=O)OCCC.COC(=O)CC(=O)NCCNC(=O)CC(=O)OCCOc1ccc(C(=O)C(C)(C)O)cc1. The van der Waals surface area contributed by atoms with E-state index in [4.69, 9.17) is 14.2 Å². The molecular formula is C28H40N2O11. The molecule has 0 unspecified atom stereocenters. The number of esters is 3. The van der Waals surface area contributed by atoms with Crippen LogP contribution < -0.4 is 15.4 Å². The summed E-state index contributed by atoms with van der Waals surface area (Å²) >= 11 is 0. The molecule has 0 aromatic heterocycles. The molecule has 0 bridgehead atoms. The van der Waals surface area contributed by atoms with Crippen LogP contribution in [0.5, 0.6) is 5.75 Å². The summed E-state index contributed by atoms with van der Waals surface area (Å²) in [7, 11) is 1.17. The van der Waals surface area contributed by atoms with Gasteiger partial charge in [-0.1, -0.05) is 13.5 Å². The van der Waals surface area contributed by atoms with Crippen LogP contribution in [0.4, 0.5) is 0 Å². The number of aliphatic hydroxyl groups is 1. The molecule has 0 fully saturated rings. The van der Waals surface area contributed by atoms with E-state index in [2.05, 4.69) is 21.9 Å². The minimum absolute atomic E-state index is 0.0401. The summed E-state index contributed by atoms with van der Waals surface area (Å²) in [4.78, 5) is 68.1. The van der Waals surface area contributed by atoms with Crippen LogP contribution in [0.2, 0.25) is 0 Å². The maximum absolute atomic E-state index is 11.9. The lowest BCUT2D eigenvalue weighted by atomic mass is 9.97. The van der Waals surface area contributed by atoms with Crippen LogP contribution in [0.15, 0.2) is 36.4 Å². The van der Waals surface area contributed by atoms with Crippen LogP contribution in [-0.4, -0.2) is 86.2 Å². The molecule has 41 heavy (non-hydrogen) atoms. The lowest BCUT2D eigenvalue weighted by Crippen LogP contribution is -2.36. The van der Waals surface area contributed by atoms with Crippen molar-refractivity contribution >= 4 is 35.5 Å². The molecule has 228 valence electrons. The standard InChI is InChI=1S/C21H28N2O9.C7H12O2/c1-21(2,29)20(28)14-4-6-15(7-5-14)31-10-11-32-19(27)13-17(25)23-9-8-22-16(24)12-18(26)30-3;1-4-5-9-7(8)6(2)3/h4-7,29H,8-13H2,1-3H3,(H,22,24)(H,23,25);2,4-5H2,1,3H3. The van der Waals surface area contributed by atoms with Gasteiger partial charge in [-0.15, -0.1) is 0 Å². The van der Waals surface area contributed by atoms with E-state index in [-0.39, 0.29) is 32.3 Å². The van der Waals surface area contributed by atoms with E-state index in [0.717, 1.165) is 6.42 Å². The van der Waals surface area contributed by atoms with Gasteiger partial charge in [-0.25, -0.2) is 4.79 Å². The number of ketones is 1. The lowest BCUT2D eigenvalue weighted by Gasteiger charge is -2.15. The van der Waals surface area contributed by atoms with E-state index in [0.29, 0.717) is 23.5 Å². The van der Waals surface area contributed by atoms with Crippen molar-refractivity contribution < 1.29 is 52.8 Å². The second kappa shape index (κ2) is 19.7. The zero-order valence-corrected chi connectivity index (χ0v) is 24.2. The highest BCUT2D eigenvalue weighted by Crippen LogP contribution is 2.17. The highest BCUT2D eigenvalue weighted by molar-refractivity contribution is 6.01. The number of benzene rings is 1. The third-order valence-corrected chi connectivity index (χ3v) is 4.68. The Hall–Kier alpha value is -4.26. The van der Waals surface area contributed by atoms with Crippen molar-refractivity contribution in [1.29, 1.82) is 0 Å². The fourth-order valence-electron chi connectivity index (χ4n) is 2.60. The molecule has 3 N–H and O–H groups in total. The molecule has 1 aromatic carbocycles. The number of ether oxygens (including phenoxy) is 4.